The van der Waals surface area contributed by atoms with Crippen molar-refractivity contribution < 1.29 is 0 Å². The van der Waals surface area contributed by atoms with E-state index < -0.39 is 0 Å². The van der Waals surface area contributed by atoms with Crippen LogP contribution in [0.4, 0.5) is 27.3 Å². The number of thiazole rings is 2. The van der Waals surface area contributed by atoms with E-state index in [0.29, 0.717) is 17.8 Å². The highest BCUT2D eigenvalue weighted by Gasteiger charge is 2.32. The van der Waals surface area contributed by atoms with Crippen molar-refractivity contribution in [2.24, 2.45) is 20.0 Å². The van der Waals surface area contributed by atoms with Crippen LogP contribution < -0.4 is 15.5 Å². The molecule has 252 valence electrons. The molecule has 1 saturated carbocycles. The Hall–Kier alpha value is -4.94. The summed E-state index contributed by atoms with van der Waals surface area (Å²) >= 11 is 3.18. The largest absolute Gasteiger partial charge is 0.371 e. The molecule has 6 heterocycles. The summed E-state index contributed by atoms with van der Waals surface area (Å²) in [6.45, 7) is 2.14. The molecular formula is C38H38N10S2. The van der Waals surface area contributed by atoms with Gasteiger partial charge in [0.05, 0.1) is 22.8 Å². The van der Waals surface area contributed by atoms with Crippen molar-refractivity contribution in [1.29, 1.82) is 0 Å². The highest BCUT2D eigenvalue weighted by molar-refractivity contribution is 7.14. The van der Waals surface area contributed by atoms with Crippen LogP contribution in [0.25, 0.3) is 5.70 Å². The van der Waals surface area contributed by atoms with Crippen LogP contribution in [0.3, 0.4) is 0 Å². The predicted molar refractivity (Wildman–Crippen MR) is 208 cm³/mol. The number of nitrogens with zero attached hydrogens (tertiary/aromatic N) is 8. The molecule has 2 N–H and O–H groups in total. The summed E-state index contributed by atoms with van der Waals surface area (Å²) in [6.07, 6.45) is 20.9. The number of allylic oxidation sites excluding steroid dienone is 2. The molecule has 0 amide bonds. The molecule has 5 aliphatic rings. The summed E-state index contributed by atoms with van der Waals surface area (Å²) in [5, 5.41) is 12.9. The van der Waals surface area contributed by atoms with Gasteiger partial charge in [0.25, 0.3) is 0 Å². The van der Waals surface area contributed by atoms with Gasteiger partial charge in [-0.3, -0.25) is 0 Å². The number of nitrogens with one attached hydrogen (secondary N) is 2. The molecule has 4 aromatic rings. The van der Waals surface area contributed by atoms with Gasteiger partial charge in [-0.05, 0) is 80.0 Å². The minimum absolute atomic E-state index is 0.548. The average Bonchev–Trinajstić information content (AvgIpc) is 3.80. The number of benzene rings is 2. The van der Waals surface area contributed by atoms with Crippen molar-refractivity contribution in [1.82, 2.24) is 14.9 Å². The van der Waals surface area contributed by atoms with Crippen LogP contribution in [-0.4, -0.2) is 51.9 Å². The summed E-state index contributed by atoms with van der Waals surface area (Å²) in [5.74, 6) is 1.67. The zero-order valence-corrected chi connectivity index (χ0v) is 29.4. The first-order valence-corrected chi connectivity index (χ1v) is 19.4. The number of rotatable bonds is 8. The van der Waals surface area contributed by atoms with E-state index in [1.165, 1.54) is 69.0 Å². The second kappa shape index (κ2) is 13.8. The third-order valence-electron chi connectivity index (χ3n) is 10.0. The second-order valence-corrected chi connectivity index (χ2v) is 15.0. The van der Waals surface area contributed by atoms with E-state index in [-0.39, 0.29) is 0 Å². The Balaban J connectivity index is 1.11. The van der Waals surface area contributed by atoms with E-state index in [0.717, 1.165) is 63.0 Å². The molecule has 50 heavy (non-hydrogen) atoms. The topological polar surface area (TPSA) is 106 Å². The lowest BCUT2D eigenvalue weighted by Crippen LogP contribution is -2.40. The number of guanidine groups is 2. The summed E-state index contributed by atoms with van der Waals surface area (Å²) in [5.41, 5.74) is 9.11. The molecule has 0 atom stereocenters. The van der Waals surface area contributed by atoms with Gasteiger partial charge >= 0.3 is 0 Å². The van der Waals surface area contributed by atoms with Crippen LogP contribution in [-0.2, 0) is 0 Å². The molecule has 0 radical (unpaired) electrons. The molecule has 1 aliphatic carbocycles. The highest BCUT2D eigenvalue weighted by Crippen LogP contribution is 2.39. The first kappa shape index (κ1) is 31.1. The van der Waals surface area contributed by atoms with Gasteiger partial charge < -0.3 is 15.5 Å². The fourth-order valence-corrected chi connectivity index (χ4v) is 8.58. The predicted octanol–water partition coefficient (Wildman–Crippen LogP) is 9.31. The first-order valence-electron chi connectivity index (χ1n) is 17.6. The Kier molecular flexibility index (Phi) is 8.55. The molecule has 2 aromatic heterocycles. The third-order valence-corrected chi connectivity index (χ3v) is 11.4. The van der Waals surface area contributed by atoms with Gasteiger partial charge in [-0.2, -0.15) is 0 Å². The molecule has 1 saturated heterocycles. The number of hydrogen-bond donors (Lipinski definition) is 2. The van der Waals surface area contributed by atoms with E-state index in [2.05, 4.69) is 84.0 Å². The Labute approximate surface area is 299 Å². The molecule has 2 fully saturated rings. The van der Waals surface area contributed by atoms with Crippen molar-refractivity contribution >= 4 is 79.7 Å². The fourth-order valence-electron chi connectivity index (χ4n) is 7.50. The normalized spacial score (nSPS) is 19.1. The Morgan fingerprint density at radius 1 is 0.700 bits per heavy atom. The first-order chi connectivity index (χ1) is 24.7. The average molecular weight is 699 g/mol. The van der Waals surface area contributed by atoms with Crippen molar-refractivity contribution in [3.63, 3.8) is 0 Å². The van der Waals surface area contributed by atoms with Crippen LogP contribution in [0.2, 0.25) is 0 Å². The maximum atomic E-state index is 5.07. The van der Waals surface area contributed by atoms with E-state index in [1.54, 1.807) is 29.0 Å². The standard InChI is InChI=1S/C38H38N10S2/c1-2-5-9-25(8-4-1)26-10-12-29(31(20-26)45-37-39-14-18-49-37)32-22-28-23-33(44-36-42-24-41-35(43-32)48(28)36)30-13-11-27(47-16-6-3-7-17-47)21-34(30)46-38-40-15-19-50-38/h10-15,18-25H,1-9,16-17H2,(H,39,45)(H,40,46). The van der Waals surface area contributed by atoms with Crippen molar-refractivity contribution in [3.8, 4) is 0 Å². The Morgan fingerprint density at radius 2 is 1.42 bits per heavy atom. The molecule has 0 unspecified atom stereocenters. The Bertz CT molecular complexity index is 2060. The lowest BCUT2D eigenvalue weighted by atomic mass is 9.90. The van der Waals surface area contributed by atoms with Crippen molar-refractivity contribution in [3.05, 3.63) is 94.1 Å². The molecule has 0 spiro atoms. The van der Waals surface area contributed by atoms with Crippen LogP contribution in [0.5, 0.6) is 0 Å². The van der Waals surface area contributed by atoms with E-state index in [4.69, 9.17) is 9.98 Å². The summed E-state index contributed by atoms with van der Waals surface area (Å²) in [6, 6.07) is 13.5. The van der Waals surface area contributed by atoms with Crippen LogP contribution in [0, 0.1) is 0 Å². The van der Waals surface area contributed by atoms with Gasteiger partial charge in [-0.15, -0.1) is 22.7 Å². The second-order valence-electron chi connectivity index (χ2n) is 13.2. The number of piperidine rings is 1. The molecule has 0 bridgehead atoms. The molecule has 9 rings (SSSR count). The van der Waals surface area contributed by atoms with E-state index in [1.807, 2.05) is 28.1 Å². The summed E-state index contributed by atoms with van der Waals surface area (Å²) in [7, 11) is 0. The van der Waals surface area contributed by atoms with Gasteiger partial charge in [0, 0.05) is 58.7 Å². The van der Waals surface area contributed by atoms with Crippen LogP contribution in [0.1, 0.15) is 80.4 Å². The summed E-state index contributed by atoms with van der Waals surface area (Å²) in [4.78, 5) is 32.8. The molecule has 12 heteroatoms. The van der Waals surface area contributed by atoms with Gasteiger partial charge in [0.2, 0.25) is 11.9 Å². The van der Waals surface area contributed by atoms with Crippen LogP contribution >= 0.6 is 22.7 Å². The monoisotopic (exact) mass is 698 g/mol. The minimum atomic E-state index is 0.548. The zero-order valence-electron chi connectivity index (χ0n) is 27.8. The van der Waals surface area contributed by atoms with Crippen molar-refractivity contribution in [2.45, 2.75) is 63.7 Å². The number of aromatic nitrogens is 2. The molecule has 4 aliphatic heterocycles. The van der Waals surface area contributed by atoms with Crippen molar-refractivity contribution in [2.75, 3.05) is 28.6 Å². The molecule has 10 nitrogen and oxygen atoms in total. The maximum absolute atomic E-state index is 5.07. The number of aliphatic imine (C=N–C) groups is 4. The zero-order chi connectivity index (χ0) is 33.3. The van der Waals surface area contributed by atoms with Gasteiger partial charge in [0.15, 0.2) is 10.3 Å². The quantitative estimate of drug-likeness (QED) is 0.178. The van der Waals surface area contributed by atoms with Gasteiger partial charge in [-0.25, -0.2) is 34.8 Å². The summed E-state index contributed by atoms with van der Waals surface area (Å²) < 4.78 is 0. The van der Waals surface area contributed by atoms with Gasteiger partial charge in [0.1, 0.15) is 6.34 Å². The lowest BCUT2D eigenvalue weighted by Gasteiger charge is -2.32. The molecular weight excluding hydrogens is 661 g/mol. The lowest BCUT2D eigenvalue weighted by molar-refractivity contribution is 0.578. The SMILES string of the molecule is C1=NC2=NC(c3ccc(N4CCCCC4)cc3Nc3nccs3)=CC3=CC(c4ccc(C5CCCCCC5)cc4Nc4nccs4)=NC(=N1)N32. The van der Waals surface area contributed by atoms with E-state index >= 15 is 0 Å². The number of anilines is 5. The Morgan fingerprint density at radius 3 is 2.16 bits per heavy atom. The fraction of sp³-hybridized carbons (Fsp3) is 0.316. The smallest absolute Gasteiger partial charge is 0.239 e. The number of hydrogen-bond acceptors (Lipinski definition) is 12. The van der Waals surface area contributed by atoms with E-state index in [9.17, 15) is 0 Å². The molecule has 2 aromatic carbocycles. The maximum Gasteiger partial charge on any atom is 0.239 e. The minimum Gasteiger partial charge on any atom is -0.371 e. The van der Waals surface area contributed by atoms with Gasteiger partial charge in [-0.1, -0.05) is 37.8 Å². The third kappa shape index (κ3) is 6.29. The highest BCUT2D eigenvalue weighted by atomic mass is 32.1. The van der Waals surface area contributed by atoms with Crippen LogP contribution in [0.15, 0.2) is 97.4 Å².